The highest BCUT2D eigenvalue weighted by Gasteiger charge is 2.28. The number of esters is 2. The summed E-state index contributed by atoms with van der Waals surface area (Å²) in [5, 5.41) is 2.51. The number of nitrogens with one attached hydrogen (secondary N) is 1. The fraction of sp³-hybridized carbons (Fsp3) is 0.812. The van der Waals surface area contributed by atoms with E-state index in [2.05, 4.69) is 5.32 Å². The number of rotatable bonds is 6. The minimum absolute atomic E-state index is 0.0135. The van der Waals surface area contributed by atoms with E-state index in [0.717, 1.165) is 0 Å². The van der Waals surface area contributed by atoms with E-state index in [9.17, 15) is 14.4 Å². The van der Waals surface area contributed by atoms with Crippen molar-refractivity contribution >= 4 is 17.8 Å². The summed E-state index contributed by atoms with van der Waals surface area (Å²) < 4.78 is 10.5. The first-order valence-corrected chi connectivity index (χ1v) is 7.72. The van der Waals surface area contributed by atoms with Crippen LogP contribution in [0.3, 0.4) is 0 Å². The summed E-state index contributed by atoms with van der Waals surface area (Å²) in [4.78, 5) is 35.7. The highest BCUT2D eigenvalue weighted by Crippen LogP contribution is 2.13. The molecule has 0 aromatic heterocycles. The lowest BCUT2D eigenvalue weighted by Crippen LogP contribution is -2.49. The molecule has 0 aliphatic rings. The Morgan fingerprint density at radius 3 is 1.87 bits per heavy atom. The predicted molar refractivity (Wildman–Crippen MR) is 86.5 cm³/mol. The highest BCUT2D eigenvalue weighted by molar-refractivity contribution is 5.87. The normalized spacial score (nSPS) is 14.6. The monoisotopic (exact) mass is 330 g/mol. The minimum Gasteiger partial charge on any atom is -0.460 e. The molecule has 0 aliphatic carbocycles. The quantitative estimate of drug-likeness (QED) is 0.710. The second kappa shape index (κ2) is 8.29. The smallest absolute Gasteiger partial charge is 0.329 e. The Labute approximate surface area is 138 Å². The molecule has 0 saturated carbocycles. The molecule has 23 heavy (non-hydrogen) atoms. The summed E-state index contributed by atoms with van der Waals surface area (Å²) in [6.45, 7) is 12.0. The lowest BCUT2D eigenvalue weighted by Gasteiger charge is -2.25. The Kier molecular flexibility index (Phi) is 7.70. The fourth-order valence-electron chi connectivity index (χ4n) is 1.58. The topological polar surface area (TPSA) is 108 Å². The van der Waals surface area contributed by atoms with Crippen molar-refractivity contribution in [2.24, 2.45) is 5.73 Å². The Morgan fingerprint density at radius 2 is 1.48 bits per heavy atom. The molecule has 0 fully saturated rings. The van der Waals surface area contributed by atoms with Crippen LogP contribution in [0.2, 0.25) is 0 Å². The van der Waals surface area contributed by atoms with E-state index in [1.807, 2.05) is 0 Å². The summed E-state index contributed by atoms with van der Waals surface area (Å²) in [7, 11) is 0. The van der Waals surface area contributed by atoms with E-state index in [4.69, 9.17) is 15.2 Å². The van der Waals surface area contributed by atoms with Crippen LogP contribution in [0.25, 0.3) is 0 Å². The SMILES string of the molecule is C[C@H](N)C(=O)N[C@@H](CCC(=O)OC(C)(C)C)C(=O)OC(C)(C)C. The van der Waals surface area contributed by atoms with Crippen LogP contribution in [-0.4, -0.2) is 41.1 Å². The first-order chi connectivity index (χ1) is 10.2. The van der Waals surface area contributed by atoms with Gasteiger partial charge >= 0.3 is 11.9 Å². The highest BCUT2D eigenvalue weighted by atomic mass is 16.6. The fourth-order valence-corrected chi connectivity index (χ4v) is 1.58. The molecule has 134 valence electrons. The summed E-state index contributed by atoms with van der Waals surface area (Å²) >= 11 is 0. The Morgan fingerprint density at radius 1 is 1.00 bits per heavy atom. The minimum atomic E-state index is -0.944. The van der Waals surface area contributed by atoms with Gasteiger partial charge in [-0.25, -0.2) is 4.79 Å². The summed E-state index contributed by atoms with van der Waals surface area (Å²) in [6, 6.07) is -1.71. The molecule has 7 heteroatoms. The maximum absolute atomic E-state index is 12.2. The van der Waals surface area contributed by atoms with Gasteiger partial charge < -0.3 is 20.5 Å². The zero-order valence-corrected chi connectivity index (χ0v) is 15.2. The van der Waals surface area contributed by atoms with E-state index < -0.39 is 41.1 Å². The molecule has 0 saturated heterocycles. The van der Waals surface area contributed by atoms with Gasteiger partial charge in [0.1, 0.15) is 17.2 Å². The molecule has 0 spiro atoms. The lowest BCUT2D eigenvalue weighted by molar-refractivity contribution is -0.160. The molecular formula is C16H30N2O5. The summed E-state index contributed by atoms with van der Waals surface area (Å²) in [5.74, 6) is -1.53. The molecule has 3 N–H and O–H groups in total. The van der Waals surface area contributed by atoms with E-state index in [-0.39, 0.29) is 12.8 Å². The Bertz CT molecular complexity index is 433. The zero-order chi connectivity index (χ0) is 18.4. The molecule has 0 aliphatic heterocycles. The second-order valence-electron chi connectivity index (χ2n) is 7.51. The molecule has 0 rings (SSSR count). The van der Waals surface area contributed by atoms with Crippen molar-refractivity contribution in [1.82, 2.24) is 5.32 Å². The van der Waals surface area contributed by atoms with Gasteiger partial charge in [-0.1, -0.05) is 0 Å². The second-order valence-corrected chi connectivity index (χ2v) is 7.51. The standard InChI is InChI=1S/C16H30N2O5/c1-10(17)13(20)18-11(14(21)23-16(5,6)7)8-9-12(19)22-15(2,3)4/h10-11H,8-9,17H2,1-7H3,(H,18,20)/t10-,11-/m0/s1. The van der Waals surface area contributed by atoms with Gasteiger partial charge in [-0.05, 0) is 54.9 Å². The van der Waals surface area contributed by atoms with Crippen molar-refractivity contribution in [3.05, 3.63) is 0 Å². The molecule has 0 bridgehead atoms. The van der Waals surface area contributed by atoms with Gasteiger partial charge in [-0.15, -0.1) is 0 Å². The zero-order valence-electron chi connectivity index (χ0n) is 15.2. The molecule has 2 atom stereocenters. The molecule has 1 amide bonds. The first kappa shape index (κ1) is 21.4. The van der Waals surface area contributed by atoms with Gasteiger partial charge in [0.05, 0.1) is 6.04 Å². The van der Waals surface area contributed by atoms with Crippen LogP contribution in [0, 0.1) is 0 Å². The Balaban J connectivity index is 4.82. The van der Waals surface area contributed by atoms with Crippen molar-refractivity contribution in [2.75, 3.05) is 0 Å². The molecule has 0 unspecified atom stereocenters. The lowest BCUT2D eigenvalue weighted by atomic mass is 10.1. The molecule has 0 aromatic carbocycles. The van der Waals surface area contributed by atoms with Gasteiger partial charge in [-0.3, -0.25) is 9.59 Å². The van der Waals surface area contributed by atoms with Crippen molar-refractivity contribution in [3.63, 3.8) is 0 Å². The van der Waals surface area contributed by atoms with Crippen molar-refractivity contribution in [1.29, 1.82) is 0 Å². The molecular weight excluding hydrogens is 300 g/mol. The van der Waals surface area contributed by atoms with Crippen LogP contribution in [0.5, 0.6) is 0 Å². The maximum Gasteiger partial charge on any atom is 0.329 e. The summed E-state index contributed by atoms with van der Waals surface area (Å²) in [6.07, 6.45) is 0.0721. The van der Waals surface area contributed by atoms with Gasteiger partial charge in [0, 0.05) is 6.42 Å². The number of hydrogen-bond donors (Lipinski definition) is 2. The van der Waals surface area contributed by atoms with Gasteiger partial charge in [0.2, 0.25) is 5.91 Å². The van der Waals surface area contributed by atoms with Crippen LogP contribution in [0.15, 0.2) is 0 Å². The van der Waals surface area contributed by atoms with Crippen LogP contribution >= 0.6 is 0 Å². The van der Waals surface area contributed by atoms with Crippen LogP contribution < -0.4 is 11.1 Å². The number of nitrogens with two attached hydrogens (primary N) is 1. The van der Waals surface area contributed by atoms with E-state index in [0.29, 0.717) is 0 Å². The molecule has 7 nitrogen and oxygen atoms in total. The van der Waals surface area contributed by atoms with Crippen molar-refractivity contribution in [2.45, 2.75) is 84.6 Å². The molecule has 0 aromatic rings. The largest absolute Gasteiger partial charge is 0.460 e. The third kappa shape index (κ3) is 10.7. The summed E-state index contributed by atoms with van der Waals surface area (Å²) in [5.41, 5.74) is 4.20. The van der Waals surface area contributed by atoms with Crippen LogP contribution in [0.1, 0.15) is 61.3 Å². The average molecular weight is 330 g/mol. The maximum atomic E-state index is 12.2. The molecule has 0 heterocycles. The van der Waals surface area contributed by atoms with Gasteiger partial charge in [-0.2, -0.15) is 0 Å². The Hall–Kier alpha value is -1.63. The number of amides is 1. The van der Waals surface area contributed by atoms with Crippen molar-refractivity contribution in [3.8, 4) is 0 Å². The third-order valence-electron chi connectivity index (χ3n) is 2.48. The van der Waals surface area contributed by atoms with Gasteiger partial charge in [0.15, 0.2) is 0 Å². The number of carbonyl (C=O) groups is 3. The number of ether oxygens (including phenoxy) is 2. The number of carbonyl (C=O) groups excluding carboxylic acids is 3. The van der Waals surface area contributed by atoms with Crippen molar-refractivity contribution < 1.29 is 23.9 Å². The van der Waals surface area contributed by atoms with E-state index >= 15 is 0 Å². The molecule has 0 radical (unpaired) electrons. The number of hydrogen-bond acceptors (Lipinski definition) is 6. The van der Waals surface area contributed by atoms with E-state index in [1.54, 1.807) is 41.5 Å². The van der Waals surface area contributed by atoms with Crippen LogP contribution in [0.4, 0.5) is 0 Å². The van der Waals surface area contributed by atoms with E-state index in [1.165, 1.54) is 6.92 Å². The third-order valence-corrected chi connectivity index (χ3v) is 2.48. The average Bonchev–Trinajstić information content (AvgIpc) is 2.29. The van der Waals surface area contributed by atoms with Gasteiger partial charge in [0.25, 0.3) is 0 Å². The first-order valence-electron chi connectivity index (χ1n) is 7.72. The predicted octanol–water partition coefficient (Wildman–Crippen LogP) is 1.28. The van der Waals surface area contributed by atoms with Crippen LogP contribution in [-0.2, 0) is 23.9 Å².